The third kappa shape index (κ3) is 5.34. The summed E-state index contributed by atoms with van der Waals surface area (Å²) in [6.45, 7) is 0. The van der Waals surface area contributed by atoms with Crippen LogP contribution in [-0.2, 0) is 0 Å². The lowest BCUT2D eigenvalue weighted by atomic mass is 9.95. The van der Waals surface area contributed by atoms with E-state index in [1.54, 1.807) is 24.8 Å². The van der Waals surface area contributed by atoms with Crippen molar-refractivity contribution in [1.82, 2.24) is 20.2 Å². The summed E-state index contributed by atoms with van der Waals surface area (Å²) in [5, 5.41) is 6.06. The van der Waals surface area contributed by atoms with Crippen LogP contribution in [0.3, 0.4) is 0 Å². The smallest absolute Gasteiger partial charge is 0.257 e. The second-order valence-electron chi connectivity index (χ2n) is 9.50. The number of benzene rings is 1. The van der Waals surface area contributed by atoms with Gasteiger partial charge >= 0.3 is 0 Å². The summed E-state index contributed by atoms with van der Waals surface area (Å²) in [5.41, 5.74) is 1.24. The second-order valence-corrected chi connectivity index (χ2v) is 9.50. The minimum Gasteiger partial charge on any atom is -0.349 e. The maximum Gasteiger partial charge on any atom is 0.257 e. The zero-order valence-corrected chi connectivity index (χ0v) is 19.7. The normalized spacial score (nSPS) is 16.9. The van der Waals surface area contributed by atoms with Gasteiger partial charge in [0.15, 0.2) is 0 Å². The molecule has 0 unspecified atom stereocenters. The third-order valence-electron chi connectivity index (χ3n) is 6.89. The third-order valence-corrected chi connectivity index (χ3v) is 6.89. The molecule has 0 aliphatic heterocycles. The highest BCUT2D eigenvalue weighted by Crippen LogP contribution is 2.34. The van der Waals surface area contributed by atoms with Gasteiger partial charge in [0, 0.05) is 36.9 Å². The predicted octanol–water partition coefficient (Wildman–Crippen LogP) is 4.16. The van der Waals surface area contributed by atoms with Crippen molar-refractivity contribution < 1.29 is 9.59 Å². The SMILES string of the molecule is O=C(NC1CCCCC1)c1cn(C2CC2)cc(C(=O)N[C@H](c2ccccc2)c2ccncc2)c1=O. The van der Waals surface area contributed by atoms with Gasteiger partial charge in [-0.25, -0.2) is 0 Å². The molecule has 2 aliphatic carbocycles. The van der Waals surface area contributed by atoms with Crippen molar-refractivity contribution in [1.29, 1.82) is 0 Å². The van der Waals surface area contributed by atoms with E-state index in [1.165, 1.54) is 6.42 Å². The van der Waals surface area contributed by atoms with Gasteiger partial charge in [0.25, 0.3) is 11.8 Å². The van der Waals surface area contributed by atoms with Crippen molar-refractivity contribution in [2.24, 2.45) is 0 Å². The number of carbonyl (C=O) groups excluding carboxylic acids is 2. The van der Waals surface area contributed by atoms with Gasteiger partial charge in [-0.3, -0.25) is 19.4 Å². The Labute approximate surface area is 204 Å². The molecular formula is C28H30N4O3. The first-order valence-corrected chi connectivity index (χ1v) is 12.4. The van der Waals surface area contributed by atoms with Crippen molar-refractivity contribution in [3.63, 3.8) is 0 Å². The minimum atomic E-state index is -0.533. The summed E-state index contributed by atoms with van der Waals surface area (Å²) < 4.78 is 1.86. The monoisotopic (exact) mass is 470 g/mol. The molecule has 2 aromatic heterocycles. The molecule has 7 nitrogen and oxygen atoms in total. The van der Waals surface area contributed by atoms with E-state index in [2.05, 4.69) is 15.6 Å². The van der Waals surface area contributed by atoms with Crippen molar-refractivity contribution in [2.45, 2.75) is 63.1 Å². The minimum absolute atomic E-state index is 0.0109. The van der Waals surface area contributed by atoms with Gasteiger partial charge in [0.2, 0.25) is 5.43 Å². The Morgan fingerprint density at radius 1 is 0.829 bits per heavy atom. The van der Waals surface area contributed by atoms with Gasteiger partial charge in [-0.15, -0.1) is 0 Å². The van der Waals surface area contributed by atoms with Gasteiger partial charge in [-0.2, -0.15) is 0 Å². The molecule has 3 aromatic rings. The van der Waals surface area contributed by atoms with Crippen molar-refractivity contribution in [3.05, 3.63) is 99.7 Å². The lowest BCUT2D eigenvalue weighted by molar-refractivity contribution is 0.0925. The van der Waals surface area contributed by atoms with E-state index in [0.29, 0.717) is 0 Å². The van der Waals surface area contributed by atoms with Gasteiger partial charge in [-0.1, -0.05) is 49.6 Å². The molecule has 2 amide bonds. The van der Waals surface area contributed by atoms with E-state index >= 15 is 0 Å². The van der Waals surface area contributed by atoms with Gasteiger partial charge in [0.05, 0.1) is 6.04 Å². The van der Waals surface area contributed by atoms with Crippen LogP contribution in [0.2, 0.25) is 0 Å². The number of pyridine rings is 2. The molecule has 1 aromatic carbocycles. The van der Waals surface area contributed by atoms with Crippen LogP contribution in [0.4, 0.5) is 0 Å². The Kier molecular flexibility index (Phi) is 6.75. The van der Waals surface area contributed by atoms with Gasteiger partial charge in [-0.05, 0) is 48.9 Å². The van der Waals surface area contributed by atoms with Gasteiger partial charge < -0.3 is 15.2 Å². The molecule has 2 N–H and O–H groups in total. The van der Waals surface area contributed by atoms with E-state index in [0.717, 1.165) is 49.7 Å². The average molecular weight is 471 g/mol. The van der Waals surface area contributed by atoms with Crippen LogP contribution in [0.25, 0.3) is 0 Å². The highest BCUT2D eigenvalue weighted by atomic mass is 16.2. The lowest BCUT2D eigenvalue weighted by Crippen LogP contribution is -2.40. The highest BCUT2D eigenvalue weighted by Gasteiger charge is 2.29. The number of nitrogens with zero attached hydrogens (tertiary/aromatic N) is 2. The molecule has 180 valence electrons. The Morgan fingerprint density at radius 3 is 2.11 bits per heavy atom. The average Bonchev–Trinajstić information content (AvgIpc) is 3.74. The standard InChI is InChI=1S/C28H30N4O3/c33-26-23(27(34)30-21-9-5-2-6-10-21)17-32(22-11-12-22)18-24(26)28(35)31-25(19-7-3-1-4-8-19)20-13-15-29-16-14-20/h1,3-4,7-8,13-18,21-22,25H,2,5-6,9-12H2,(H,30,34)(H,31,35)/t25-/m1/s1. The summed E-state index contributed by atoms with van der Waals surface area (Å²) in [7, 11) is 0. The lowest BCUT2D eigenvalue weighted by Gasteiger charge is -2.23. The number of nitrogens with one attached hydrogen (secondary N) is 2. The van der Waals surface area contributed by atoms with Crippen LogP contribution < -0.4 is 16.1 Å². The molecule has 0 saturated heterocycles. The maximum absolute atomic E-state index is 13.5. The summed E-state index contributed by atoms with van der Waals surface area (Å²) in [4.78, 5) is 44.1. The van der Waals surface area contributed by atoms with Crippen molar-refractivity contribution in [3.8, 4) is 0 Å². The molecule has 2 fully saturated rings. The number of amides is 2. The number of hydrogen-bond donors (Lipinski definition) is 2. The van der Waals surface area contributed by atoms with E-state index in [-0.39, 0.29) is 29.1 Å². The van der Waals surface area contributed by atoms with Crippen LogP contribution in [0.15, 0.2) is 72.0 Å². The highest BCUT2D eigenvalue weighted by molar-refractivity contribution is 5.99. The largest absolute Gasteiger partial charge is 0.349 e. The molecule has 2 heterocycles. The summed E-state index contributed by atoms with van der Waals surface area (Å²) in [6, 6.07) is 13.1. The zero-order chi connectivity index (χ0) is 24.2. The number of hydrogen-bond acceptors (Lipinski definition) is 4. The van der Waals surface area contributed by atoms with Crippen molar-refractivity contribution >= 4 is 11.8 Å². The van der Waals surface area contributed by atoms with E-state index < -0.39 is 17.4 Å². The van der Waals surface area contributed by atoms with Crippen molar-refractivity contribution in [2.75, 3.05) is 0 Å². The Hall–Kier alpha value is -3.74. The van der Waals surface area contributed by atoms with E-state index in [4.69, 9.17) is 0 Å². The molecule has 2 saturated carbocycles. The first-order chi connectivity index (χ1) is 17.1. The van der Waals surface area contributed by atoms with Crippen LogP contribution in [-0.4, -0.2) is 27.4 Å². The van der Waals surface area contributed by atoms with Crippen LogP contribution in [0.5, 0.6) is 0 Å². The van der Waals surface area contributed by atoms with Gasteiger partial charge in [0.1, 0.15) is 11.1 Å². The van der Waals surface area contributed by atoms with E-state index in [9.17, 15) is 14.4 Å². The molecule has 1 atom stereocenters. The number of aromatic nitrogens is 2. The maximum atomic E-state index is 13.5. The Bertz CT molecular complexity index is 1210. The Balaban J connectivity index is 1.46. The quantitative estimate of drug-likeness (QED) is 0.542. The van der Waals surface area contributed by atoms with Crippen LogP contribution in [0.1, 0.15) is 88.9 Å². The topological polar surface area (TPSA) is 93.1 Å². The molecule has 35 heavy (non-hydrogen) atoms. The first kappa shape index (κ1) is 23.0. The fourth-order valence-electron chi connectivity index (χ4n) is 4.78. The first-order valence-electron chi connectivity index (χ1n) is 12.4. The van der Waals surface area contributed by atoms with Crippen LogP contribution >= 0.6 is 0 Å². The van der Waals surface area contributed by atoms with E-state index in [1.807, 2.05) is 47.0 Å². The fraction of sp³-hybridized carbons (Fsp3) is 0.357. The Morgan fingerprint density at radius 2 is 1.46 bits per heavy atom. The molecule has 0 radical (unpaired) electrons. The number of rotatable bonds is 7. The van der Waals surface area contributed by atoms with Crippen LogP contribution in [0, 0.1) is 0 Å². The summed E-state index contributed by atoms with van der Waals surface area (Å²) >= 11 is 0. The summed E-state index contributed by atoms with van der Waals surface area (Å²) in [5.74, 6) is -0.887. The zero-order valence-electron chi connectivity index (χ0n) is 19.7. The molecule has 7 heteroatoms. The molecule has 0 bridgehead atoms. The fourth-order valence-corrected chi connectivity index (χ4v) is 4.78. The molecule has 2 aliphatic rings. The number of carbonyl (C=O) groups is 2. The second kappa shape index (κ2) is 10.3. The molecular weight excluding hydrogens is 440 g/mol. The summed E-state index contributed by atoms with van der Waals surface area (Å²) in [6.07, 6.45) is 13.7. The predicted molar refractivity (Wildman–Crippen MR) is 133 cm³/mol. The molecule has 5 rings (SSSR count). The molecule has 0 spiro atoms.